The molecule has 6 nitrogen and oxygen atoms in total. The van der Waals surface area contributed by atoms with Gasteiger partial charge in [0.2, 0.25) is 11.8 Å². The Bertz CT molecular complexity index is 1530. The first kappa shape index (κ1) is 22.8. The summed E-state index contributed by atoms with van der Waals surface area (Å²) in [4.78, 5) is 44.5. The van der Waals surface area contributed by atoms with Crippen molar-refractivity contribution in [2.45, 2.75) is 29.7 Å². The Kier molecular flexibility index (Phi) is 5.78. The predicted octanol–water partition coefficient (Wildman–Crippen LogP) is 5.12. The van der Waals surface area contributed by atoms with Gasteiger partial charge in [-0.3, -0.25) is 14.4 Å². The number of nitrogens with zero attached hydrogens (tertiary/aromatic N) is 1. The molecule has 1 saturated heterocycles. The van der Waals surface area contributed by atoms with Crippen LogP contribution in [0, 0.1) is 12.8 Å². The van der Waals surface area contributed by atoms with Gasteiger partial charge in [-0.05, 0) is 30.7 Å². The minimum atomic E-state index is -0.648. The quantitative estimate of drug-likeness (QED) is 0.374. The van der Waals surface area contributed by atoms with Gasteiger partial charge in [0, 0.05) is 16.4 Å². The van der Waals surface area contributed by atoms with Gasteiger partial charge in [0.15, 0.2) is 0 Å². The number of aromatic amines is 1. The minimum absolute atomic E-state index is 0.199. The van der Waals surface area contributed by atoms with E-state index in [9.17, 15) is 14.4 Å². The summed E-state index contributed by atoms with van der Waals surface area (Å²) in [7, 11) is 0. The molecule has 2 unspecified atom stereocenters. The number of rotatable bonds is 5. The summed E-state index contributed by atoms with van der Waals surface area (Å²) in [5, 5.41) is 0.0195. The molecule has 2 aliphatic heterocycles. The van der Waals surface area contributed by atoms with Crippen molar-refractivity contribution in [1.29, 1.82) is 0 Å². The number of ether oxygens (including phenoxy) is 1. The van der Waals surface area contributed by atoms with Crippen LogP contribution in [0.2, 0.25) is 0 Å². The van der Waals surface area contributed by atoms with Crippen LogP contribution in [0.1, 0.15) is 27.5 Å². The molecule has 4 aromatic rings. The van der Waals surface area contributed by atoms with E-state index in [-0.39, 0.29) is 16.7 Å². The van der Waals surface area contributed by atoms with E-state index in [0.717, 1.165) is 32.9 Å². The topological polar surface area (TPSA) is 79.5 Å². The maximum absolute atomic E-state index is 13.8. The van der Waals surface area contributed by atoms with Crippen molar-refractivity contribution in [2.75, 3.05) is 4.90 Å². The second kappa shape index (κ2) is 9.11. The SMILES string of the molecule is Cc1cccc(COc2ccccc2[C@H]2c3sc(=O)[nH]c3SC3C(=O)N(c4ccccc4)C(=O)C32)c1. The third kappa shape index (κ3) is 3.86. The molecule has 1 fully saturated rings. The fourth-order valence-electron chi connectivity index (χ4n) is 5.02. The summed E-state index contributed by atoms with van der Waals surface area (Å²) in [6.07, 6.45) is 0. The molecule has 0 spiro atoms. The lowest BCUT2D eigenvalue weighted by Crippen LogP contribution is -2.32. The van der Waals surface area contributed by atoms with Crippen LogP contribution in [0.4, 0.5) is 5.69 Å². The number of aromatic nitrogens is 1. The standard InChI is InChI=1S/C28H22N2O4S2/c1-16-8-7-9-17(14-16)15-34-20-13-6-5-12-19(20)21-22-24(35-25-23(21)36-28(33)29-25)27(32)30(26(22)31)18-10-3-2-4-11-18/h2-14,21-22,24H,15H2,1H3,(H,29,33)/t21-,22?,24?/m1/s1. The molecule has 2 aliphatic rings. The summed E-state index contributed by atoms with van der Waals surface area (Å²) in [5.74, 6) is -1.00. The van der Waals surface area contributed by atoms with Gasteiger partial charge in [0.05, 0.1) is 16.6 Å². The number of fused-ring (bicyclic) bond motifs is 2. The first-order valence-corrected chi connectivity index (χ1v) is 13.3. The fourth-order valence-corrected chi connectivity index (χ4v) is 7.52. The zero-order valence-electron chi connectivity index (χ0n) is 19.3. The maximum Gasteiger partial charge on any atom is 0.305 e. The van der Waals surface area contributed by atoms with Gasteiger partial charge < -0.3 is 9.72 Å². The Morgan fingerprint density at radius 1 is 0.917 bits per heavy atom. The number of hydrogen-bond donors (Lipinski definition) is 1. The number of anilines is 1. The van der Waals surface area contributed by atoms with Crippen molar-refractivity contribution in [3.05, 3.63) is 110 Å². The van der Waals surface area contributed by atoms with Crippen LogP contribution < -0.4 is 14.5 Å². The summed E-state index contributed by atoms with van der Waals surface area (Å²) < 4.78 is 6.27. The highest BCUT2D eigenvalue weighted by molar-refractivity contribution is 8.00. The molecule has 3 atom stereocenters. The molecule has 0 aliphatic carbocycles. The van der Waals surface area contributed by atoms with Gasteiger partial charge in [-0.2, -0.15) is 0 Å². The van der Waals surface area contributed by atoms with Gasteiger partial charge in [0.25, 0.3) is 0 Å². The fraction of sp³-hybridized carbons (Fsp3) is 0.179. The average molecular weight is 515 g/mol. The van der Waals surface area contributed by atoms with E-state index in [1.165, 1.54) is 16.7 Å². The normalized spacial score (nSPS) is 20.8. The maximum atomic E-state index is 13.8. The Balaban J connectivity index is 1.43. The second-order valence-electron chi connectivity index (χ2n) is 8.91. The van der Waals surface area contributed by atoms with Gasteiger partial charge in [-0.15, -0.1) is 0 Å². The van der Waals surface area contributed by atoms with Crippen molar-refractivity contribution in [2.24, 2.45) is 5.92 Å². The van der Waals surface area contributed by atoms with E-state index < -0.39 is 17.1 Å². The van der Waals surface area contributed by atoms with E-state index in [2.05, 4.69) is 11.1 Å². The summed E-state index contributed by atoms with van der Waals surface area (Å²) in [6, 6.07) is 24.7. The van der Waals surface area contributed by atoms with E-state index in [1.54, 1.807) is 12.1 Å². The lowest BCUT2D eigenvalue weighted by atomic mass is 9.82. The second-order valence-corrected chi connectivity index (χ2v) is 11.1. The highest BCUT2D eigenvalue weighted by Gasteiger charge is 2.56. The van der Waals surface area contributed by atoms with E-state index in [1.807, 2.05) is 67.6 Å². The molecule has 1 aromatic heterocycles. The molecule has 3 aromatic carbocycles. The Morgan fingerprint density at radius 2 is 1.69 bits per heavy atom. The van der Waals surface area contributed by atoms with Gasteiger partial charge in [0.1, 0.15) is 17.6 Å². The molecule has 0 bridgehead atoms. The number of thioether (sulfide) groups is 1. The minimum Gasteiger partial charge on any atom is -0.489 e. The predicted molar refractivity (Wildman–Crippen MR) is 141 cm³/mol. The third-order valence-corrected chi connectivity index (χ3v) is 8.97. The highest BCUT2D eigenvalue weighted by Crippen LogP contribution is 2.54. The van der Waals surface area contributed by atoms with E-state index in [0.29, 0.717) is 23.1 Å². The number of amides is 2. The number of imide groups is 1. The van der Waals surface area contributed by atoms with Gasteiger partial charge >= 0.3 is 4.87 Å². The number of aryl methyl sites for hydroxylation is 1. The molecule has 8 heteroatoms. The van der Waals surface area contributed by atoms with Gasteiger partial charge in [-0.25, -0.2) is 4.90 Å². The first-order chi connectivity index (χ1) is 17.5. The Labute approximate surface area is 215 Å². The average Bonchev–Trinajstić information content (AvgIpc) is 3.38. The molecule has 0 radical (unpaired) electrons. The summed E-state index contributed by atoms with van der Waals surface area (Å²) in [6.45, 7) is 2.40. The lowest BCUT2D eigenvalue weighted by Gasteiger charge is -2.30. The zero-order chi connectivity index (χ0) is 24.8. The molecule has 180 valence electrons. The molecular weight excluding hydrogens is 492 g/mol. The molecule has 36 heavy (non-hydrogen) atoms. The van der Waals surface area contributed by atoms with E-state index in [4.69, 9.17) is 4.74 Å². The monoisotopic (exact) mass is 514 g/mol. The number of carbonyl (C=O) groups excluding carboxylic acids is 2. The molecule has 6 rings (SSSR count). The van der Waals surface area contributed by atoms with Crippen LogP contribution in [-0.4, -0.2) is 22.0 Å². The van der Waals surface area contributed by atoms with Crippen molar-refractivity contribution >= 4 is 40.6 Å². The number of para-hydroxylation sites is 2. The molecule has 0 saturated carbocycles. The van der Waals surface area contributed by atoms with Crippen molar-refractivity contribution in [3.63, 3.8) is 0 Å². The number of hydrogen-bond acceptors (Lipinski definition) is 6. The first-order valence-electron chi connectivity index (χ1n) is 11.6. The van der Waals surface area contributed by atoms with Crippen LogP contribution in [0.15, 0.2) is 88.7 Å². The Morgan fingerprint density at radius 3 is 2.50 bits per heavy atom. The van der Waals surface area contributed by atoms with Gasteiger partial charge in [-0.1, -0.05) is 89.3 Å². The number of benzene rings is 3. The van der Waals surface area contributed by atoms with Crippen LogP contribution in [0.25, 0.3) is 0 Å². The third-order valence-electron chi connectivity index (χ3n) is 6.57. The lowest BCUT2D eigenvalue weighted by molar-refractivity contribution is -0.122. The van der Waals surface area contributed by atoms with Crippen LogP contribution in [0.3, 0.4) is 0 Å². The number of H-pyrrole nitrogens is 1. The molecule has 3 heterocycles. The number of carbonyl (C=O) groups is 2. The van der Waals surface area contributed by atoms with Crippen molar-refractivity contribution < 1.29 is 14.3 Å². The Hall–Kier alpha value is -3.62. The van der Waals surface area contributed by atoms with E-state index >= 15 is 0 Å². The number of thiazole rings is 1. The molecule has 1 N–H and O–H groups in total. The smallest absolute Gasteiger partial charge is 0.305 e. The molecule has 2 amide bonds. The summed E-state index contributed by atoms with van der Waals surface area (Å²) >= 11 is 2.37. The van der Waals surface area contributed by atoms with Crippen LogP contribution in [-0.2, 0) is 16.2 Å². The highest BCUT2D eigenvalue weighted by atomic mass is 32.2. The molecular formula is C28H22N2O4S2. The summed E-state index contributed by atoms with van der Waals surface area (Å²) in [5.41, 5.74) is 3.54. The number of nitrogens with one attached hydrogen (secondary N) is 1. The zero-order valence-corrected chi connectivity index (χ0v) is 21.0. The van der Waals surface area contributed by atoms with Crippen molar-refractivity contribution in [3.8, 4) is 5.75 Å². The van der Waals surface area contributed by atoms with Crippen LogP contribution >= 0.6 is 23.1 Å². The van der Waals surface area contributed by atoms with Crippen molar-refractivity contribution in [1.82, 2.24) is 4.98 Å². The van der Waals surface area contributed by atoms with Crippen LogP contribution in [0.5, 0.6) is 5.75 Å². The largest absolute Gasteiger partial charge is 0.489 e.